The molecule has 2 aliphatic heterocycles. The number of amides is 1. The zero-order valence-electron chi connectivity index (χ0n) is 11.4. The molecule has 8 heteroatoms. The summed E-state index contributed by atoms with van der Waals surface area (Å²) < 4.78 is 26.0. The van der Waals surface area contributed by atoms with Crippen molar-refractivity contribution in [2.24, 2.45) is 4.99 Å². The third kappa shape index (κ3) is 2.64. The maximum atomic E-state index is 12.5. The highest BCUT2D eigenvalue weighted by atomic mass is 32.2. The van der Waals surface area contributed by atoms with E-state index in [4.69, 9.17) is 0 Å². The van der Waals surface area contributed by atoms with Crippen LogP contribution in [0.3, 0.4) is 0 Å². The first-order chi connectivity index (χ1) is 10.1. The Morgan fingerprint density at radius 3 is 2.71 bits per heavy atom. The number of carbonyl (C=O) groups excluding carboxylic acids is 1. The van der Waals surface area contributed by atoms with E-state index in [-0.39, 0.29) is 17.3 Å². The summed E-state index contributed by atoms with van der Waals surface area (Å²) in [6.45, 7) is 2.45. The SMILES string of the molecule is O=C(CN1C=Nc2ccccc2S1(=O)=O)N1CCNCC1. The standard InChI is InChI=1S/C13H16N4O3S/c18-13(16-7-5-14-6-8-16)9-17-10-15-11-3-1-2-4-12(11)21(17,19)20/h1-4,10,14H,5-9H2. The highest BCUT2D eigenvalue weighted by Gasteiger charge is 2.31. The predicted octanol–water partition coefficient (Wildman–Crippen LogP) is -0.217. The topological polar surface area (TPSA) is 82.1 Å². The second kappa shape index (κ2) is 5.45. The molecule has 3 rings (SSSR count). The molecule has 1 aromatic carbocycles. The summed E-state index contributed by atoms with van der Waals surface area (Å²) in [6.07, 6.45) is 1.22. The third-order valence-electron chi connectivity index (χ3n) is 3.54. The van der Waals surface area contributed by atoms with E-state index in [1.807, 2.05) is 0 Å². The number of sulfonamides is 1. The van der Waals surface area contributed by atoms with E-state index in [1.165, 1.54) is 12.4 Å². The van der Waals surface area contributed by atoms with Crippen LogP contribution in [-0.4, -0.2) is 62.6 Å². The highest BCUT2D eigenvalue weighted by molar-refractivity contribution is 7.89. The van der Waals surface area contributed by atoms with Crippen molar-refractivity contribution in [1.82, 2.24) is 14.5 Å². The maximum absolute atomic E-state index is 12.5. The van der Waals surface area contributed by atoms with Gasteiger partial charge in [0.05, 0.1) is 5.69 Å². The lowest BCUT2D eigenvalue weighted by atomic mass is 10.3. The van der Waals surface area contributed by atoms with E-state index in [0.717, 1.165) is 17.4 Å². The molecule has 1 amide bonds. The van der Waals surface area contributed by atoms with Gasteiger partial charge in [-0.05, 0) is 12.1 Å². The molecule has 0 unspecified atom stereocenters. The average Bonchev–Trinajstić information content (AvgIpc) is 2.51. The number of hydrogen-bond acceptors (Lipinski definition) is 5. The first kappa shape index (κ1) is 14.0. The first-order valence-corrected chi connectivity index (χ1v) is 8.16. The number of aliphatic imine (C=N–C) groups is 1. The fraction of sp³-hybridized carbons (Fsp3) is 0.385. The Hall–Kier alpha value is -1.93. The van der Waals surface area contributed by atoms with Gasteiger partial charge in [0, 0.05) is 26.2 Å². The predicted molar refractivity (Wildman–Crippen MR) is 77.9 cm³/mol. The van der Waals surface area contributed by atoms with E-state index in [0.29, 0.717) is 18.8 Å². The number of rotatable bonds is 2. The highest BCUT2D eigenvalue weighted by Crippen LogP contribution is 2.29. The van der Waals surface area contributed by atoms with E-state index in [2.05, 4.69) is 10.3 Å². The molecule has 0 spiro atoms. The van der Waals surface area contributed by atoms with Crippen LogP contribution in [0.15, 0.2) is 34.2 Å². The number of benzene rings is 1. The zero-order valence-corrected chi connectivity index (χ0v) is 12.2. The number of fused-ring (bicyclic) bond motifs is 1. The average molecular weight is 308 g/mol. The molecule has 1 N–H and O–H groups in total. The van der Waals surface area contributed by atoms with Crippen molar-refractivity contribution in [2.45, 2.75) is 4.90 Å². The summed E-state index contributed by atoms with van der Waals surface area (Å²) in [4.78, 5) is 18.1. The number of carbonyl (C=O) groups is 1. The fourth-order valence-electron chi connectivity index (χ4n) is 2.37. The molecule has 2 aliphatic rings. The molecule has 0 saturated carbocycles. The zero-order chi connectivity index (χ0) is 14.9. The quantitative estimate of drug-likeness (QED) is 0.819. The molecule has 0 atom stereocenters. The van der Waals surface area contributed by atoms with Gasteiger partial charge in [-0.3, -0.25) is 4.79 Å². The van der Waals surface area contributed by atoms with Crippen LogP contribution in [0.1, 0.15) is 0 Å². The van der Waals surface area contributed by atoms with Crippen LogP contribution < -0.4 is 5.32 Å². The van der Waals surface area contributed by atoms with Gasteiger partial charge in [-0.15, -0.1) is 0 Å². The normalized spacial score (nSPS) is 20.2. The Bertz CT molecular complexity index is 680. The van der Waals surface area contributed by atoms with Gasteiger partial charge in [-0.2, -0.15) is 0 Å². The number of nitrogens with zero attached hydrogens (tertiary/aromatic N) is 3. The summed E-state index contributed by atoms with van der Waals surface area (Å²) in [6, 6.07) is 6.52. The van der Waals surface area contributed by atoms with Gasteiger partial charge >= 0.3 is 0 Å². The molecular formula is C13H16N4O3S. The Labute approximate surface area is 123 Å². The monoisotopic (exact) mass is 308 g/mol. The molecule has 7 nitrogen and oxygen atoms in total. The lowest BCUT2D eigenvalue weighted by Crippen LogP contribution is -2.50. The van der Waals surface area contributed by atoms with Crippen LogP contribution in [0.5, 0.6) is 0 Å². The van der Waals surface area contributed by atoms with E-state index in [1.54, 1.807) is 23.1 Å². The minimum Gasteiger partial charge on any atom is -0.339 e. The Morgan fingerprint density at radius 2 is 1.95 bits per heavy atom. The molecule has 1 fully saturated rings. The maximum Gasteiger partial charge on any atom is 0.267 e. The number of hydrogen-bond donors (Lipinski definition) is 1. The van der Waals surface area contributed by atoms with Gasteiger partial charge in [0.1, 0.15) is 17.8 Å². The Morgan fingerprint density at radius 1 is 1.24 bits per heavy atom. The van der Waals surface area contributed by atoms with Crippen molar-refractivity contribution in [3.63, 3.8) is 0 Å². The second-order valence-corrected chi connectivity index (χ2v) is 6.75. The molecule has 112 valence electrons. The molecule has 1 saturated heterocycles. The van der Waals surface area contributed by atoms with E-state index >= 15 is 0 Å². The fourth-order valence-corrected chi connectivity index (χ4v) is 3.71. The lowest BCUT2D eigenvalue weighted by Gasteiger charge is -2.30. The molecule has 0 aromatic heterocycles. The molecule has 21 heavy (non-hydrogen) atoms. The van der Waals surface area contributed by atoms with Crippen molar-refractivity contribution in [1.29, 1.82) is 0 Å². The van der Waals surface area contributed by atoms with Gasteiger partial charge < -0.3 is 10.2 Å². The summed E-state index contributed by atoms with van der Waals surface area (Å²) in [5.74, 6) is -0.203. The largest absolute Gasteiger partial charge is 0.339 e. The second-order valence-electron chi connectivity index (χ2n) is 4.89. The summed E-state index contributed by atoms with van der Waals surface area (Å²) in [5, 5.41) is 3.15. The summed E-state index contributed by atoms with van der Waals surface area (Å²) >= 11 is 0. The number of nitrogens with one attached hydrogen (secondary N) is 1. The smallest absolute Gasteiger partial charge is 0.267 e. The molecule has 0 bridgehead atoms. The van der Waals surface area contributed by atoms with Gasteiger partial charge in [0.25, 0.3) is 10.0 Å². The van der Waals surface area contributed by atoms with Gasteiger partial charge in [0.15, 0.2) is 0 Å². The Kier molecular flexibility index (Phi) is 3.64. The van der Waals surface area contributed by atoms with Crippen molar-refractivity contribution >= 4 is 28.0 Å². The van der Waals surface area contributed by atoms with Crippen molar-refractivity contribution < 1.29 is 13.2 Å². The number of piperazine rings is 1. The van der Waals surface area contributed by atoms with Gasteiger partial charge in [0.2, 0.25) is 5.91 Å². The van der Waals surface area contributed by atoms with Crippen LogP contribution in [0, 0.1) is 0 Å². The molecule has 0 aliphatic carbocycles. The third-order valence-corrected chi connectivity index (χ3v) is 5.28. The van der Waals surface area contributed by atoms with Crippen LogP contribution in [0.2, 0.25) is 0 Å². The minimum atomic E-state index is -3.70. The van der Waals surface area contributed by atoms with Crippen LogP contribution >= 0.6 is 0 Å². The molecule has 1 aromatic rings. The van der Waals surface area contributed by atoms with Gasteiger partial charge in [-0.1, -0.05) is 12.1 Å². The van der Waals surface area contributed by atoms with Crippen LogP contribution in [0.4, 0.5) is 5.69 Å². The summed E-state index contributed by atoms with van der Waals surface area (Å²) in [5.41, 5.74) is 0.406. The Balaban J connectivity index is 1.80. The van der Waals surface area contributed by atoms with Crippen LogP contribution in [0.25, 0.3) is 0 Å². The summed E-state index contributed by atoms with van der Waals surface area (Å²) in [7, 11) is -3.70. The van der Waals surface area contributed by atoms with Crippen molar-refractivity contribution in [2.75, 3.05) is 32.7 Å². The first-order valence-electron chi connectivity index (χ1n) is 6.72. The molecule has 2 heterocycles. The van der Waals surface area contributed by atoms with E-state index < -0.39 is 10.0 Å². The molecular weight excluding hydrogens is 292 g/mol. The van der Waals surface area contributed by atoms with Crippen LogP contribution in [-0.2, 0) is 14.8 Å². The van der Waals surface area contributed by atoms with Gasteiger partial charge in [-0.25, -0.2) is 17.7 Å². The number of para-hydroxylation sites is 1. The van der Waals surface area contributed by atoms with Crippen molar-refractivity contribution in [3.8, 4) is 0 Å². The molecule has 0 radical (unpaired) electrons. The van der Waals surface area contributed by atoms with Crippen molar-refractivity contribution in [3.05, 3.63) is 24.3 Å². The lowest BCUT2D eigenvalue weighted by molar-refractivity contribution is -0.131. The van der Waals surface area contributed by atoms with E-state index in [9.17, 15) is 13.2 Å². The minimum absolute atomic E-state index is 0.139.